The van der Waals surface area contributed by atoms with E-state index in [1.807, 2.05) is 54.0 Å². The molecular formula is C21H22LiN3O4. The maximum atomic E-state index is 13.0. The van der Waals surface area contributed by atoms with Crippen molar-refractivity contribution in [1.82, 2.24) is 9.88 Å². The van der Waals surface area contributed by atoms with Crippen LogP contribution >= 0.6 is 0 Å². The van der Waals surface area contributed by atoms with Gasteiger partial charge in [-0.1, -0.05) is 36.4 Å². The molecule has 4 rings (SSSR count). The number of aromatic carboxylic acids is 1. The van der Waals surface area contributed by atoms with E-state index in [1.165, 1.54) is 6.07 Å². The molecular weight excluding hydrogens is 365 g/mol. The Labute approximate surface area is 180 Å². The van der Waals surface area contributed by atoms with Crippen molar-refractivity contribution in [3.05, 3.63) is 59.7 Å². The van der Waals surface area contributed by atoms with Crippen molar-refractivity contribution < 1.29 is 19.1 Å². The predicted octanol–water partition coefficient (Wildman–Crippen LogP) is 2.50. The van der Waals surface area contributed by atoms with Crippen LogP contribution in [-0.4, -0.2) is 64.4 Å². The van der Waals surface area contributed by atoms with Crippen LogP contribution in [0.25, 0.3) is 11.1 Å². The Morgan fingerprint density at radius 2 is 1.90 bits per heavy atom. The van der Waals surface area contributed by atoms with E-state index in [1.54, 1.807) is 12.1 Å². The summed E-state index contributed by atoms with van der Waals surface area (Å²) >= 11 is 0. The van der Waals surface area contributed by atoms with E-state index >= 15 is 0 Å². The number of amides is 1. The van der Waals surface area contributed by atoms with Gasteiger partial charge in [0, 0.05) is 19.1 Å². The van der Waals surface area contributed by atoms with Crippen molar-refractivity contribution in [2.45, 2.75) is 32.5 Å². The molecule has 3 aromatic rings. The van der Waals surface area contributed by atoms with E-state index < -0.39 is 12.0 Å². The molecule has 29 heavy (non-hydrogen) atoms. The number of carboxylic acid groups (broad SMARTS) is 1. The maximum absolute atomic E-state index is 13.0. The summed E-state index contributed by atoms with van der Waals surface area (Å²) in [7, 11) is 0. The van der Waals surface area contributed by atoms with Crippen LogP contribution in [0, 0.1) is 0 Å². The number of nitrogens with zero attached hydrogens (tertiary/aromatic N) is 3. The Morgan fingerprint density at radius 3 is 2.59 bits per heavy atom. The number of hydrogen-bond donors (Lipinski definition) is 1. The molecule has 1 fully saturated rings. The quantitative estimate of drug-likeness (QED) is 0.693. The molecule has 2 aromatic carbocycles. The molecule has 1 aromatic heterocycles. The van der Waals surface area contributed by atoms with Gasteiger partial charge in [-0.05, 0) is 31.5 Å². The Hall–Kier alpha value is -2.75. The average Bonchev–Trinajstić information content (AvgIpc) is 3.10. The molecule has 1 aliphatic heterocycles. The predicted molar refractivity (Wildman–Crippen MR) is 111 cm³/mol. The normalized spacial score (nSPS) is 19.3. The Balaban J connectivity index is 0.00000240. The number of carbonyl (C=O) groups excluding carboxylic acids is 1. The van der Waals surface area contributed by atoms with Crippen LogP contribution in [0.5, 0.6) is 0 Å². The summed E-state index contributed by atoms with van der Waals surface area (Å²) < 4.78 is 5.82. The van der Waals surface area contributed by atoms with Gasteiger partial charge in [0.2, 0.25) is 5.91 Å². The number of piperazine rings is 1. The van der Waals surface area contributed by atoms with E-state index in [9.17, 15) is 14.7 Å². The van der Waals surface area contributed by atoms with Crippen molar-refractivity contribution in [3.63, 3.8) is 0 Å². The van der Waals surface area contributed by atoms with Crippen molar-refractivity contribution in [3.8, 4) is 0 Å². The molecule has 146 valence electrons. The van der Waals surface area contributed by atoms with Crippen molar-refractivity contribution >= 4 is 47.9 Å². The zero-order valence-electron chi connectivity index (χ0n) is 15.7. The number of aromatic nitrogens is 1. The minimum absolute atomic E-state index is 0. The van der Waals surface area contributed by atoms with Gasteiger partial charge in [0.15, 0.2) is 5.58 Å². The molecule has 0 aliphatic carbocycles. The summed E-state index contributed by atoms with van der Waals surface area (Å²) in [6.45, 7) is 4.92. The number of oxazole rings is 1. The number of para-hydroxylation sites is 1. The van der Waals surface area contributed by atoms with Gasteiger partial charge >= 0.3 is 24.8 Å². The van der Waals surface area contributed by atoms with Gasteiger partial charge < -0.3 is 19.3 Å². The summed E-state index contributed by atoms with van der Waals surface area (Å²) in [6, 6.07) is 14.5. The first-order chi connectivity index (χ1) is 13.5. The van der Waals surface area contributed by atoms with Gasteiger partial charge in [-0.2, -0.15) is 4.98 Å². The summed E-state index contributed by atoms with van der Waals surface area (Å²) in [5, 5.41) is 9.37. The molecule has 0 saturated carbocycles. The number of hydrogen-bond acceptors (Lipinski definition) is 5. The van der Waals surface area contributed by atoms with E-state index in [0.29, 0.717) is 24.2 Å². The molecule has 1 N–H and O–H groups in total. The molecule has 1 aliphatic rings. The van der Waals surface area contributed by atoms with Gasteiger partial charge in [0.1, 0.15) is 11.6 Å². The fourth-order valence-corrected chi connectivity index (χ4v) is 3.78. The van der Waals surface area contributed by atoms with Gasteiger partial charge in [0.25, 0.3) is 6.01 Å². The molecule has 0 spiro atoms. The molecule has 7 nitrogen and oxygen atoms in total. The standard InChI is InChI=1S/C21H21N3O4.Li.H/c1-13-11-23(12-15-7-4-3-5-8-15)19(25)14(2)24(13)21-22-18-16(20(26)27)9-6-10-17(18)28-21;;/h3-10,13-14H,11-12H2,1-2H3,(H,26,27);;. The van der Waals surface area contributed by atoms with Crippen molar-refractivity contribution in [2.75, 3.05) is 11.4 Å². The van der Waals surface area contributed by atoms with E-state index in [-0.39, 0.29) is 42.4 Å². The van der Waals surface area contributed by atoms with Crippen LogP contribution in [0.2, 0.25) is 0 Å². The second-order valence-corrected chi connectivity index (χ2v) is 7.09. The number of benzene rings is 2. The van der Waals surface area contributed by atoms with Gasteiger partial charge in [-0.15, -0.1) is 0 Å². The van der Waals surface area contributed by atoms with Crippen molar-refractivity contribution in [2.24, 2.45) is 0 Å². The number of rotatable bonds is 4. The number of carboxylic acids is 1. The molecule has 8 heteroatoms. The minimum atomic E-state index is -1.06. The van der Waals surface area contributed by atoms with Crippen LogP contribution in [0.3, 0.4) is 0 Å². The molecule has 2 heterocycles. The average molecular weight is 387 g/mol. The summed E-state index contributed by atoms with van der Waals surface area (Å²) in [4.78, 5) is 32.5. The molecule has 2 atom stereocenters. The monoisotopic (exact) mass is 387 g/mol. The van der Waals surface area contributed by atoms with Crippen molar-refractivity contribution in [1.29, 1.82) is 0 Å². The van der Waals surface area contributed by atoms with E-state index in [4.69, 9.17) is 4.42 Å². The van der Waals surface area contributed by atoms with Crippen LogP contribution in [0.15, 0.2) is 52.9 Å². The topological polar surface area (TPSA) is 86.9 Å². The second kappa shape index (κ2) is 8.32. The third kappa shape index (κ3) is 3.89. The Kier molecular flexibility index (Phi) is 6.01. The number of carbonyl (C=O) groups is 2. The summed E-state index contributed by atoms with van der Waals surface area (Å²) in [6.07, 6.45) is 0. The van der Waals surface area contributed by atoms with E-state index in [2.05, 4.69) is 4.98 Å². The van der Waals surface area contributed by atoms with E-state index in [0.717, 1.165) is 5.56 Å². The zero-order chi connectivity index (χ0) is 19.8. The third-order valence-electron chi connectivity index (χ3n) is 5.12. The first kappa shape index (κ1) is 21.0. The fraction of sp³-hybridized carbons (Fsp3) is 0.286. The zero-order valence-corrected chi connectivity index (χ0v) is 15.7. The summed E-state index contributed by atoms with van der Waals surface area (Å²) in [5.74, 6) is -1.07. The SMILES string of the molecule is CC1CN(Cc2ccccc2)C(=O)C(C)N1c1nc2c(C(=O)O)cccc2o1.[LiH]. The molecule has 0 bridgehead atoms. The fourth-order valence-electron chi connectivity index (χ4n) is 3.78. The molecule has 1 saturated heterocycles. The van der Waals surface area contributed by atoms with Gasteiger partial charge in [-0.25, -0.2) is 4.79 Å². The van der Waals surface area contributed by atoms with Gasteiger partial charge in [0.05, 0.1) is 5.56 Å². The third-order valence-corrected chi connectivity index (χ3v) is 5.12. The number of anilines is 1. The molecule has 1 amide bonds. The first-order valence-electron chi connectivity index (χ1n) is 9.19. The van der Waals surface area contributed by atoms with Crippen LogP contribution < -0.4 is 4.90 Å². The molecule has 2 unspecified atom stereocenters. The summed E-state index contributed by atoms with van der Waals surface area (Å²) in [5.41, 5.74) is 1.86. The first-order valence-corrected chi connectivity index (χ1v) is 9.19. The second-order valence-electron chi connectivity index (χ2n) is 7.09. The van der Waals surface area contributed by atoms with Crippen LogP contribution in [-0.2, 0) is 11.3 Å². The molecule has 0 radical (unpaired) electrons. The number of fused-ring (bicyclic) bond motifs is 1. The van der Waals surface area contributed by atoms with Gasteiger partial charge in [-0.3, -0.25) is 4.79 Å². The van der Waals surface area contributed by atoms with Crippen LogP contribution in [0.4, 0.5) is 6.01 Å². The van der Waals surface area contributed by atoms with Crippen LogP contribution in [0.1, 0.15) is 29.8 Å². The Bertz CT molecular complexity index is 1040. The Morgan fingerprint density at radius 1 is 1.17 bits per heavy atom.